The molecule has 1 atom stereocenters. The molecule has 0 amide bonds. The van der Waals surface area contributed by atoms with Crippen molar-refractivity contribution in [2.45, 2.75) is 37.5 Å². The van der Waals surface area contributed by atoms with Gasteiger partial charge in [0, 0.05) is 26.1 Å². The molecule has 1 spiro atoms. The second kappa shape index (κ2) is 6.68. The Morgan fingerprint density at radius 2 is 2.08 bits per heavy atom. The van der Waals surface area contributed by atoms with Gasteiger partial charge >= 0.3 is 0 Å². The number of methoxy groups -OCH3 is 1. The minimum Gasteiger partial charge on any atom is -0.468 e. The highest BCUT2D eigenvalue weighted by Gasteiger charge is 2.53. The molecule has 0 unspecified atom stereocenters. The van der Waals surface area contributed by atoms with Gasteiger partial charge in [0.1, 0.15) is 5.76 Å². The second-order valence-electron chi connectivity index (χ2n) is 7.91. The van der Waals surface area contributed by atoms with Crippen LogP contribution in [0.5, 0.6) is 0 Å². The van der Waals surface area contributed by atoms with E-state index < -0.39 is 10.0 Å². The van der Waals surface area contributed by atoms with Crippen molar-refractivity contribution in [3.63, 3.8) is 0 Å². The standard InChI is InChI=1S/C18H28N2O4S/c1-23-13-15-11-20(25(21,22)17-4-5-17)14-18(15)6-8-19(9-7-18)12-16-3-2-10-24-16/h2-3,10,15,17H,4-9,11-14H2,1H3/t15-/m1/s1. The molecule has 0 N–H and O–H groups in total. The first-order valence-corrected chi connectivity index (χ1v) is 10.8. The van der Waals surface area contributed by atoms with Gasteiger partial charge in [-0.2, -0.15) is 0 Å². The molecule has 0 radical (unpaired) electrons. The third kappa shape index (κ3) is 3.39. The Labute approximate surface area is 150 Å². The van der Waals surface area contributed by atoms with E-state index in [2.05, 4.69) is 4.90 Å². The highest BCUT2D eigenvalue weighted by atomic mass is 32.2. The lowest BCUT2D eigenvalue weighted by Crippen LogP contribution is -2.45. The van der Waals surface area contributed by atoms with E-state index in [1.165, 1.54) is 0 Å². The average molecular weight is 368 g/mol. The summed E-state index contributed by atoms with van der Waals surface area (Å²) in [6.07, 6.45) is 5.43. The van der Waals surface area contributed by atoms with E-state index in [9.17, 15) is 8.42 Å². The number of likely N-dealkylation sites (tertiary alicyclic amines) is 1. The van der Waals surface area contributed by atoms with Crippen LogP contribution >= 0.6 is 0 Å². The zero-order chi connectivity index (χ0) is 17.5. The smallest absolute Gasteiger partial charge is 0.217 e. The Morgan fingerprint density at radius 3 is 2.68 bits per heavy atom. The lowest BCUT2D eigenvalue weighted by molar-refractivity contribution is 0.0338. The molecule has 25 heavy (non-hydrogen) atoms. The van der Waals surface area contributed by atoms with Crippen LogP contribution in [0.15, 0.2) is 22.8 Å². The van der Waals surface area contributed by atoms with Crippen molar-refractivity contribution < 1.29 is 17.6 Å². The molecule has 6 nitrogen and oxygen atoms in total. The Hall–Kier alpha value is -0.890. The lowest BCUT2D eigenvalue weighted by atomic mass is 9.71. The van der Waals surface area contributed by atoms with Crippen molar-refractivity contribution in [3.05, 3.63) is 24.2 Å². The van der Waals surface area contributed by atoms with Crippen LogP contribution in [0.2, 0.25) is 0 Å². The average Bonchev–Trinajstić information content (AvgIpc) is 3.25. The van der Waals surface area contributed by atoms with E-state index in [1.54, 1.807) is 17.7 Å². The molecule has 3 fully saturated rings. The largest absolute Gasteiger partial charge is 0.468 e. The van der Waals surface area contributed by atoms with Crippen LogP contribution in [0.1, 0.15) is 31.4 Å². The molecule has 0 aromatic carbocycles. The third-order valence-electron chi connectivity index (χ3n) is 6.27. The molecular formula is C18H28N2O4S. The van der Waals surface area contributed by atoms with Gasteiger partial charge in [-0.15, -0.1) is 0 Å². The SMILES string of the molecule is COC[C@H]1CN(S(=O)(=O)C2CC2)CC12CCN(Cc1ccco1)CC2. The summed E-state index contributed by atoms with van der Waals surface area (Å²) in [7, 11) is -1.38. The molecule has 0 bridgehead atoms. The fourth-order valence-electron chi connectivity index (χ4n) is 4.53. The summed E-state index contributed by atoms with van der Waals surface area (Å²) in [6, 6.07) is 3.94. The number of hydrogen-bond donors (Lipinski definition) is 0. The number of ether oxygens (including phenoxy) is 1. The number of sulfonamides is 1. The van der Waals surface area contributed by atoms with E-state index in [0.29, 0.717) is 25.6 Å². The molecule has 1 aromatic rings. The molecule has 1 aliphatic carbocycles. The third-order valence-corrected chi connectivity index (χ3v) is 8.58. The van der Waals surface area contributed by atoms with E-state index in [0.717, 1.165) is 51.1 Å². The highest BCUT2D eigenvalue weighted by Crippen LogP contribution is 2.47. The molecule has 4 rings (SSSR count). The van der Waals surface area contributed by atoms with Crippen molar-refractivity contribution in [1.82, 2.24) is 9.21 Å². The first-order valence-electron chi connectivity index (χ1n) is 9.26. The van der Waals surface area contributed by atoms with Gasteiger partial charge in [0.25, 0.3) is 0 Å². The van der Waals surface area contributed by atoms with E-state index in [1.807, 2.05) is 12.1 Å². The monoisotopic (exact) mass is 368 g/mol. The fraction of sp³-hybridized carbons (Fsp3) is 0.778. The van der Waals surface area contributed by atoms with Crippen molar-refractivity contribution in [2.75, 3.05) is 39.9 Å². The molecular weight excluding hydrogens is 340 g/mol. The van der Waals surface area contributed by atoms with Crippen LogP contribution in [0.4, 0.5) is 0 Å². The van der Waals surface area contributed by atoms with Crippen molar-refractivity contribution in [3.8, 4) is 0 Å². The number of rotatable bonds is 6. The maximum atomic E-state index is 12.7. The summed E-state index contributed by atoms with van der Waals surface area (Å²) >= 11 is 0. The van der Waals surface area contributed by atoms with Crippen LogP contribution in [0, 0.1) is 11.3 Å². The van der Waals surface area contributed by atoms with Gasteiger partial charge in [0.05, 0.1) is 24.7 Å². The van der Waals surface area contributed by atoms with Crippen LogP contribution in [-0.2, 0) is 21.3 Å². The van der Waals surface area contributed by atoms with E-state index >= 15 is 0 Å². The topological polar surface area (TPSA) is 63.0 Å². The van der Waals surface area contributed by atoms with Gasteiger partial charge in [-0.3, -0.25) is 4.90 Å². The Kier molecular flexibility index (Phi) is 4.68. The maximum absolute atomic E-state index is 12.7. The Morgan fingerprint density at radius 1 is 1.32 bits per heavy atom. The van der Waals surface area contributed by atoms with Gasteiger partial charge in [-0.1, -0.05) is 0 Å². The highest BCUT2D eigenvalue weighted by molar-refractivity contribution is 7.90. The first kappa shape index (κ1) is 17.5. The molecule has 140 valence electrons. The number of hydrogen-bond acceptors (Lipinski definition) is 5. The van der Waals surface area contributed by atoms with Gasteiger partial charge < -0.3 is 9.15 Å². The number of nitrogens with zero attached hydrogens (tertiary/aromatic N) is 2. The van der Waals surface area contributed by atoms with Gasteiger partial charge in [-0.25, -0.2) is 12.7 Å². The van der Waals surface area contributed by atoms with Gasteiger partial charge in [0.15, 0.2) is 0 Å². The predicted octanol–water partition coefficient (Wildman–Crippen LogP) is 1.93. The fourth-order valence-corrected chi connectivity index (χ4v) is 6.51. The number of furan rings is 1. The molecule has 2 aliphatic heterocycles. The molecule has 1 aromatic heterocycles. The zero-order valence-electron chi connectivity index (χ0n) is 14.9. The summed E-state index contributed by atoms with van der Waals surface area (Å²) in [6.45, 7) is 4.76. The summed E-state index contributed by atoms with van der Waals surface area (Å²) < 4.78 is 38.1. The molecule has 2 saturated heterocycles. The van der Waals surface area contributed by atoms with Crippen molar-refractivity contribution in [2.24, 2.45) is 11.3 Å². The minimum absolute atomic E-state index is 0.0671. The van der Waals surface area contributed by atoms with E-state index in [-0.39, 0.29) is 10.7 Å². The quantitative estimate of drug-likeness (QED) is 0.768. The summed E-state index contributed by atoms with van der Waals surface area (Å²) in [5.74, 6) is 1.30. The lowest BCUT2D eigenvalue weighted by Gasteiger charge is -2.42. The molecule has 3 aliphatic rings. The Balaban J connectivity index is 1.44. The molecule has 7 heteroatoms. The van der Waals surface area contributed by atoms with Crippen LogP contribution in [-0.4, -0.2) is 62.8 Å². The summed E-state index contributed by atoms with van der Waals surface area (Å²) in [4.78, 5) is 2.41. The molecule has 3 heterocycles. The van der Waals surface area contributed by atoms with Gasteiger partial charge in [-0.05, 0) is 56.3 Å². The van der Waals surface area contributed by atoms with Crippen molar-refractivity contribution >= 4 is 10.0 Å². The minimum atomic E-state index is -3.10. The number of piperidine rings is 1. The Bertz CT molecular complexity index is 676. The van der Waals surface area contributed by atoms with Crippen molar-refractivity contribution in [1.29, 1.82) is 0 Å². The maximum Gasteiger partial charge on any atom is 0.217 e. The van der Waals surface area contributed by atoms with E-state index in [4.69, 9.17) is 9.15 Å². The van der Waals surface area contributed by atoms with Crippen LogP contribution < -0.4 is 0 Å². The van der Waals surface area contributed by atoms with Crippen LogP contribution in [0.3, 0.4) is 0 Å². The zero-order valence-corrected chi connectivity index (χ0v) is 15.7. The first-order chi connectivity index (χ1) is 12.0. The normalized spacial score (nSPS) is 28.0. The molecule has 1 saturated carbocycles. The second-order valence-corrected chi connectivity index (χ2v) is 10.1. The van der Waals surface area contributed by atoms with Crippen LogP contribution in [0.25, 0.3) is 0 Å². The summed E-state index contributed by atoms with van der Waals surface area (Å²) in [5.41, 5.74) is 0.0671. The predicted molar refractivity (Wildman–Crippen MR) is 94.5 cm³/mol. The van der Waals surface area contributed by atoms with Gasteiger partial charge in [0.2, 0.25) is 10.0 Å². The summed E-state index contributed by atoms with van der Waals surface area (Å²) in [5, 5.41) is -0.120.